The predicted molar refractivity (Wildman–Crippen MR) is 113 cm³/mol. The number of nitrogens with zero attached hydrogens (tertiary/aromatic N) is 2. The molecule has 27 heavy (non-hydrogen) atoms. The van der Waals surface area contributed by atoms with E-state index in [1.807, 2.05) is 37.3 Å². The molecular formula is C20H18BrN3O2S. The van der Waals surface area contributed by atoms with Crippen molar-refractivity contribution in [3.8, 4) is 10.7 Å². The van der Waals surface area contributed by atoms with Crippen molar-refractivity contribution >= 4 is 44.7 Å². The first kappa shape index (κ1) is 19.3. The number of allylic oxidation sites excluding steroid dienone is 1. The molecule has 0 aliphatic rings. The van der Waals surface area contributed by atoms with Crippen molar-refractivity contribution in [1.82, 2.24) is 9.97 Å². The molecule has 2 N–H and O–H groups in total. The number of aliphatic carboxylic acids is 1. The van der Waals surface area contributed by atoms with Gasteiger partial charge in [0, 0.05) is 16.9 Å². The van der Waals surface area contributed by atoms with Crippen LogP contribution in [0.15, 0.2) is 52.8 Å². The van der Waals surface area contributed by atoms with Crippen molar-refractivity contribution in [1.29, 1.82) is 0 Å². The minimum atomic E-state index is -0.845. The van der Waals surface area contributed by atoms with Gasteiger partial charge < -0.3 is 10.4 Å². The van der Waals surface area contributed by atoms with E-state index in [-0.39, 0.29) is 6.42 Å². The molecule has 0 atom stereocenters. The molecule has 7 heteroatoms. The number of carboxylic acid groups (broad SMARTS) is 1. The summed E-state index contributed by atoms with van der Waals surface area (Å²) in [6.45, 7) is 5.79. The molecule has 0 saturated heterocycles. The van der Waals surface area contributed by atoms with E-state index in [0.29, 0.717) is 12.2 Å². The first-order chi connectivity index (χ1) is 13.0. The van der Waals surface area contributed by atoms with Gasteiger partial charge in [-0.1, -0.05) is 18.2 Å². The van der Waals surface area contributed by atoms with Crippen molar-refractivity contribution in [2.45, 2.75) is 19.8 Å². The molecule has 138 valence electrons. The van der Waals surface area contributed by atoms with Crippen molar-refractivity contribution < 1.29 is 9.90 Å². The molecule has 0 radical (unpaired) electrons. The highest BCUT2D eigenvalue weighted by atomic mass is 79.9. The fraction of sp³-hybridized carbons (Fsp3) is 0.150. The van der Waals surface area contributed by atoms with Crippen LogP contribution in [0.25, 0.3) is 10.7 Å². The summed E-state index contributed by atoms with van der Waals surface area (Å²) in [5.74, 6) is 0.552. The van der Waals surface area contributed by atoms with Crippen LogP contribution in [0.2, 0.25) is 0 Å². The number of anilines is 2. The normalized spacial score (nSPS) is 10.6. The van der Waals surface area contributed by atoms with Crippen molar-refractivity contribution in [3.63, 3.8) is 0 Å². The van der Waals surface area contributed by atoms with Gasteiger partial charge in [-0.2, -0.15) is 0 Å². The third-order valence-electron chi connectivity index (χ3n) is 3.93. The molecule has 1 aromatic carbocycles. The zero-order valence-electron chi connectivity index (χ0n) is 14.7. The third kappa shape index (κ3) is 4.81. The van der Waals surface area contributed by atoms with Gasteiger partial charge in [-0.05, 0) is 59.1 Å². The smallest absolute Gasteiger partial charge is 0.307 e. The molecule has 3 rings (SSSR count). The Labute approximate surface area is 169 Å². The summed E-state index contributed by atoms with van der Waals surface area (Å²) < 4.78 is 1.03. The van der Waals surface area contributed by atoms with Crippen LogP contribution in [0.4, 0.5) is 11.5 Å². The Hall–Kier alpha value is -2.51. The molecule has 5 nitrogen and oxygen atoms in total. The Morgan fingerprint density at radius 3 is 2.59 bits per heavy atom. The molecule has 0 aliphatic heterocycles. The summed E-state index contributed by atoms with van der Waals surface area (Å²) in [5.41, 5.74) is 3.47. The van der Waals surface area contributed by atoms with E-state index in [1.165, 1.54) is 0 Å². The largest absolute Gasteiger partial charge is 0.481 e. The maximum Gasteiger partial charge on any atom is 0.307 e. The third-order valence-corrected chi connectivity index (χ3v) is 5.55. The molecule has 0 amide bonds. The molecule has 0 bridgehead atoms. The zero-order chi connectivity index (χ0) is 19.4. The highest BCUT2D eigenvalue weighted by Gasteiger charge is 2.14. The van der Waals surface area contributed by atoms with Crippen LogP contribution < -0.4 is 5.32 Å². The number of halogens is 1. The molecule has 0 saturated carbocycles. The standard InChI is InChI=1S/C20H18BrN3O2S/c1-3-4-15-12(2)22-20(16-9-10-17(21)27-16)24-19(15)23-14-7-5-13(6-8-14)11-18(25)26/h3,5-10H,1,4,11H2,2H3,(H,25,26)(H,22,23,24). The molecule has 2 aromatic heterocycles. The Morgan fingerprint density at radius 1 is 1.26 bits per heavy atom. The lowest BCUT2D eigenvalue weighted by molar-refractivity contribution is -0.136. The average molecular weight is 444 g/mol. The van der Waals surface area contributed by atoms with Crippen LogP contribution in [0.1, 0.15) is 16.8 Å². The lowest BCUT2D eigenvalue weighted by Gasteiger charge is -2.14. The number of carbonyl (C=O) groups is 1. The number of hydrogen-bond acceptors (Lipinski definition) is 5. The first-order valence-corrected chi connectivity index (χ1v) is 9.89. The molecule has 0 aliphatic carbocycles. The van der Waals surface area contributed by atoms with Crippen molar-refractivity contribution in [2.24, 2.45) is 0 Å². The molecule has 0 fully saturated rings. The van der Waals surface area contributed by atoms with Crippen LogP contribution in [0.5, 0.6) is 0 Å². The summed E-state index contributed by atoms with van der Waals surface area (Å²) in [6.07, 6.45) is 2.49. The maximum atomic E-state index is 10.8. The summed E-state index contributed by atoms with van der Waals surface area (Å²) >= 11 is 5.06. The monoisotopic (exact) mass is 443 g/mol. The topological polar surface area (TPSA) is 75.1 Å². The Balaban J connectivity index is 1.95. The van der Waals surface area contributed by atoms with E-state index in [9.17, 15) is 4.79 Å². The van der Waals surface area contributed by atoms with Crippen LogP contribution in [-0.2, 0) is 17.6 Å². The highest BCUT2D eigenvalue weighted by molar-refractivity contribution is 9.11. The van der Waals surface area contributed by atoms with Gasteiger partial charge in [0.15, 0.2) is 5.82 Å². The second kappa shape index (κ2) is 8.45. The number of hydrogen-bond donors (Lipinski definition) is 2. The summed E-state index contributed by atoms with van der Waals surface area (Å²) in [6, 6.07) is 11.3. The van der Waals surface area contributed by atoms with E-state index in [0.717, 1.165) is 37.0 Å². The molecular weight excluding hydrogens is 426 g/mol. The summed E-state index contributed by atoms with van der Waals surface area (Å²) in [4.78, 5) is 21.2. The van der Waals surface area contributed by atoms with Crippen LogP contribution in [0.3, 0.4) is 0 Å². The van der Waals surface area contributed by atoms with Gasteiger partial charge in [-0.15, -0.1) is 17.9 Å². The lowest BCUT2D eigenvalue weighted by atomic mass is 10.1. The van der Waals surface area contributed by atoms with Crippen LogP contribution in [-0.4, -0.2) is 21.0 Å². The van der Waals surface area contributed by atoms with Gasteiger partial charge in [0.25, 0.3) is 0 Å². The number of aryl methyl sites for hydroxylation is 1. The van der Waals surface area contributed by atoms with Gasteiger partial charge in [0.05, 0.1) is 15.1 Å². The van der Waals surface area contributed by atoms with Gasteiger partial charge in [-0.3, -0.25) is 4.79 Å². The quantitative estimate of drug-likeness (QED) is 0.479. The number of nitrogens with one attached hydrogen (secondary N) is 1. The average Bonchev–Trinajstić information content (AvgIpc) is 3.05. The van der Waals surface area contributed by atoms with E-state index < -0.39 is 5.97 Å². The minimum Gasteiger partial charge on any atom is -0.481 e. The van der Waals surface area contributed by atoms with Gasteiger partial charge >= 0.3 is 5.97 Å². The Bertz CT molecular complexity index is 983. The Morgan fingerprint density at radius 2 is 2.00 bits per heavy atom. The number of benzene rings is 1. The lowest BCUT2D eigenvalue weighted by Crippen LogP contribution is -2.05. The summed E-state index contributed by atoms with van der Waals surface area (Å²) in [7, 11) is 0. The number of rotatable bonds is 7. The Kier molecular flexibility index (Phi) is 6.03. The van der Waals surface area contributed by atoms with Gasteiger partial charge in [0.1, 0.15) is 5.82 Å². The van der Waals surface area contributed by atoms with Crippen molar-refractivity contribution in [2.75, 3.05) is 5.32 Å². The van der Waals surface area contributed by atoms with E-state index in [2.05, 4.69) is 32.8 Å². The zero-order valence-corrected chi connectivity index (χ0v) is 17.1. The predicted octanol–water partition coefficient (Wildman–Crippen LogP) is 5.38. The fourth-order valence-corrected chi connectivity index (χ4v) is 3.97. The van der Waals surface area contributed by atoms with Crippen LogP contribution in [0, 0.1) is 6.92 Å². The SMILES string of the molecule is C=CCc1c(C)nc(-c2ccc(Br)s2)nc1Nc1ccc(CC(=O)O)cc1. The van der Waals surface area contributed by atoms with Crippen LogP contribution >= 0.6 is 27.3 Å². The highest BCUT2D eigenvalue weighted by Crippen LogP contribution is 2.32. The number of thiophene rings is 1. The molecule has 2 heterocycles. The fourth-order valence-electron chi connectivity index (χ4n) is 2.65. The summed E-state index contributed by atoms with van der Waals surface area (Å²) in [5, 5.41) is 12.2. The minimum absolute atomic E-state index is 0.00597. The number of aromatic nitrogens is 2. The van der Waals surface area contributed by atoms with E-state index >= 15 is 0 Å². The van der Waals surface area contributed by atoms with Gasteiger partial charge in [-0.25, -0.2) is 9.97 Å². The van der Waals surface area contributed by atoms with Crippen molar-refractivity contribution in [3.05, 3.63) is 69.7 Å². The second-order valence-electron chi connectivity index (χ2n) is 5.95. The molecule has 0 spiro atoms. The first-order valence-electron chi connectivity index (χ1n) is 8.28. The molecule has 3 aromatic rings. The second-order valence-corrected chi connectivity index (χ2v) is 8.41. The van der Waals surface area contributed by atoms with E-state index in [4.69, 9.17) is 10.1 Å². The maximum absolute atomic E-state index is 10.8. The van der Waals surface area contributed by atoms with E-state index in [1.54, 1.807) is 23.5 Å². The molecule has 0 unspecified atom stereocenters. The van der Waals surface area contributed by atoms with Gasteiger partial charge in [0.2, 0.25) is 0 Å². The number of carboxylic acids is 1.